The van der Waals surface area contributed by atoms with E-state index in [2.05, 4.69) is 0 Å². The van der Waals surface area contributed by atoms with E-state index in [0.29, 0.717) is 6.92 Å². The Morgan fingerprint density at radius 2 is 1.43 bits per heavy atom. The average Bonchev–Trinajstić information content (AvgIpc) is 2.03. The minimum absolute atomic E-state index is 0.603. The summed E-state index contributed by atoms with van der Waals surface area (Å²) in [6.07, 6.45) is 0. The number of carboxylic acids is 3. The van der Waals surface area contributed by atoms with Gasteiger partial charge in [-0.25, -0.2) is 9.59 Å². The first kappa shape index (κ1) is 11.9. The van der Waals surface area contributed by atoms with Crippen molar-refractivity contribution in [2.24, 2.45) is 5.41 Å². The van der Waals surface area contributed by atoms with Gasteiger partial charge in [0.2, 0.25) is 5.41 Å². The summed E-state index contributed by atoms with van der Waals surface area (Å²) in [5.74, 6) is -4.99. The molecule has 0 rings (SSSR count). The van der Waals surface area contributed by atoms with Gasteiger partial charge in [0.15, 0.2) is 0 Å². The smallest absolute Gasteiger partial charge is 0.344 e. The van der Waals surface area contributed by atoms with Crippen LogP contribution in [0.1, 0.15) is 6.92 Å². The van der Waals surface area contributed by atoms with Crippen LogP contribution in [-0.4, -0.2) is 39.2 Å². The first-order valence-corrected chi connectivity index (χ1v) is 3.24. The van der Waals surface area contributed by atoms with Crippen LogP contribution in [0.15, 0.2) is 5.57 Å². The molecular weight excluding hydrogens is 196 g/mol. The molecule has 0 saturated heterocycles. The predicted molar refractivity (Wildman–Crippen MR) is 40.2 cm³/mol. The molecule has 0 atom stereocenters. The number of carboxylic acid groups (broad SMARTS) is 3. The standard InChI is InChI=1S/C7H6O7/c1-7(5(11)12,6(13)14)3(2-8)4(9)10/h1H3,(H,9,10)(H,11,12)(H,13,14). The molecule has 0 radical (unpaired) electrons. The summed E-state index contributed by atoms with van der Waals surface area (Å²) in [4.78, 5) is 41.5. The Kier molecular flexibility index (Phi) is 3.15. The fourth-order valence-corrected chi connectivity index (χ4v) is 0.665. The second kappa shape index (κ2) is 3.71. The SMILES string of the molecule is CC(C(=O)O)(C(=O)O)C(=C=O)C(=O)O. The minimum atomic E-state index is -2.78. The zero-order valence-electron chi connectivity index (χ0n) is 6.97. The largest absolute Gasteiger partial charge is 0.480 e. The Balaban J connectivity index is 5.67. The van der Waals surface area contributed by atoms with Gasteiger partial charge in [-0.1, -0.05) is 0 Å². The van der Waals surface area contributed by atoms with E-state index in [1.165, 1.54) is 0 Å². The maximum atomic E-state index is 10.5. The number of hydrogen-bond acceptors (Lipinski definition) is 4. The van der Waals surface area contributed by atoms with Crippen molar-refractivity contribution in [3.8, 4) is 0 Å². The van der Waals surface area contributed by atoms with Gasteiger partial charge in [-0.3, -0.25) is 9.59 Å². The van der Waals surface area contributed by atoms with Crippen LogP contribution in [0.5, 0.6) is 0 Å². The van der Waals surface area contributed by atoms with Gasteiger partial charge in [0.1, 0.15) is 11.5 Å². The molecule has 0 spiro atoms. The van der Waals surface area contributed by atoms with Gasteiger partial charge < -0.3 is 15.3 Å². The monoisotopic (exact) mass is 202 g/mol. The normalized spacial score (nSPS) is 10.1. The van der Waals surface area contributed by atoms with Crippen LogP contribution in [-0.2, 0) is 19.2 Å². The third-order valence-corrected chi connectivity index (χ3v) is 1.67. The summed E-state index contributed by atoms with van der Waals surface area (Å²) in [6.45, 7) is 0.603. The first-order valence-electron chi connectivity index (χ1n) is 3.24. The molecule has 7 heteroatoms. The molecule has 76 valence electrons. The summed E-state index contributed by atoms with van der Waals surface area (Å²) in [6, 6.07) is 0. The molecule has 0 bridgehead atoms. The van der Waals surface area contributed by atoms with Crippen molar-refractivity contribution in [3.05, 3.63) is 5.57 Å². The minimum Gasteiger partial charge on any atom is -0.480 e. The van der Waals surface area contributed by atoms with Crippen molar-refractivity contribution >= 4 is 23.8 Å². The van der Waals surface area contributed by atoms with Gasteiger partial charge in [0, 0.05) is 0 Å². The van der Waals surface area contributed by atoms with Gasteiger partial charge in [0.25, 0.3) is 0 Å². The number of rotatable bonds is 4. The van der Waals surface area contributed by atoms with Gasteiger partial charge in [-0.2, -0.15) is 0 Å². The number of aliphatic carboxylic acids is 3. The van der Waals surface area contributed by atoms with E-state index in [9.17, 15) is 19.2 Å². The lowest BCUT2D eigenvalue weighted by Crippen LogP contribution is -2.41. The van der Waals surface area contributed by atoms with Crippen molar-refractivity contribution in [3.63, 3.8) is 0 Å². The molecule has 0 aliphatic rings. The van der Waals surface area contributed by atoms with Crippen molar-refractivity contribution < 1.29 is 34.5 Å². The van der Waals surface area contributed by atoms with Gasteiger partial charge in [-0.15, -0.1) is 0 Å². The van der Waals surface area contributed by atoms with E-state index in [1.807, 2.05) is 0 Å². The van der Waals surface area contributed by atoms with E-state index in [-0.39, 0.29) is 0 Å². The number of carbonyl (C=O) groups excluding carboxylic acids is 1. The van der Waals surface area contributed by atoms with E-state index in [0.717, 1.165) is 5.94 Å². The van der Waals surface area contributed by atoms with Gasteiger partial charge >= 0.3 is 17.9 Å². The van der Waals surface area contributed by atoms with Gasteiger partial charge in [0.05, 0.1) is 0 Å². The molecule has 0 aromatic heterocycles. The maximum absolute atomic E-state index is 10.5. The molecule has 0 aliphatic carbocycles. The van der Waals surface area contributed by atoms with E-state index in [1.54, 1.807) is 0 Å². The van der Waals surface area contributed by atoms with Gasteiger partial charge in [-0.05, 0) is 6.92 Å². The molecule has 0 aliphatic heterocycles. The second-order valence-electron chi connectivity index (χ2n) is 2.52. The number of carbonyl (C=O) groups is 3. The Morgan fingerprint density at radius 1 is 1.07 bits per heavy atom. The zero-order valence-corrected chi connectivity index (χ0v) is 6.97. The highest BCUT2D eigenvalue weighted by molar-refractivity contribution is 6.13. The summed E-state index contributed by atoms with van der Waals surface area (Å²) >= 11 is 0. The molecule has 0 fully saturated rings. The third kappa shape index (κ3) is 1.62. The molecule has 0 aromatic carbocycles. The maximum Gasteiger partial charge on any atom is 0.344 e. The molecule has 0 saturated carbocycles. The summed E-state index contributed by atoms with van der Waals surface area (Å²) in [7, 11) is 0. The highest BCUT2D eigenvalue weighted by atomic mass is 16.4. The zero-order chi connectivity index (χ0) is 11.5. The highest BCUT2D eigenvalue weighted by Gasteiger charge is 2.49. The van der Waals surface area contributed by atoms with Crippen LogP contribution in [0.4, 0.5) is 0 Å². The van der Waals surface area contributed by atoms with Crippen LogP contribution in [0.3, 0.4) is 0 Å². The fourth-order valence-electron chi connectivity index (χ4n) is 0.665. The van der Waals surface area contributed by atoms with Crippen molar-refractivity contribution in [1.29, 1.82) is 0 Å². The lowest BCUT2D eigenvalue weighted by molar-refractivity contribution is -0.162. The Morgan fingerprint density at radius 3 is 1.50 bits per heavy atom. The molecule has 0 aromatic rings. The molecule has 0 amide bonds. The van der Waals surface area contributed by atoms with E-state index in [4.69, 9.17) is 15.3 Å². The average molecular weight is 202 g/mol. The summed E-state index contributed by atoms with van der Waals surface area (Å²) in [5, 5.41) is 25.4. The Labute approximate surface area is 77.3 Å². The first-order chi connectivity index (χ1) is 6.28. The lowest BCUT2D eigenvalue weighted by Gasteiger charge is -2.17. The molecule has 0 unspecified atom stereocenters. The quantitative estimate of drug-likeness (QED) is 0.303. The van der Waals surface area contributed by atoms with Crippen LogP contribution in [0, 0.1) is 5.41 Å². The summed E-state index contributed by atoms with van der Waals surface area (Å²) in [5.41, 5.74) is -4.13. The van der Waals surface area contributed by atoms with Crippen LogP contribution in [0.25, 0.3) is 0 Å². The lowest BCUT2D eigenvalue weighted by atomic mass is 9.83. The topological polar surface area (TPSA) is 129 Å². The van der Waals surface area contributed by atoms with Crippen LogP contribution >= 0.6 is 0 Å². The third-order valence-electron chi connectivity index (χ3n) is 1.67. The number of hydrogen-bond donors (Lipinski definition) is 3. The van der Waals surface area contributed by atoms with E-state index >= 15 is 0 Å². The fraction of sp³-hybridized carbons (Fsp3) is 0.286. The molecular formula is C7H6O7. The molecule has 0 heterocycles. The molecule has 3 N–H and O–H groups in total. The van der Waals surface area contributed by atoms with E-state index < -0.39 is 28.9 Å². The molecule has 7 nitrogen and oxygen atoms in total. The Bertz CT molecular complexity index is 333. The van der Waals surface area contributed by atoms with Crippen molar-refractivity contribution in [2.45, 2.75) is 6.92 Å². The van der Waals surface area contributed by atoms with Crippen molar-refractivity contribution in [1.82, 2.24) is 0 Å². The Hall–Kier alpha value is -2.14. The summed E-state index contributed by atoms with van der Waals surface area (Å²) < 4.78 is 0. The van der Waals surface area contributed by atoms with Crippen molar-refractivity contribution in [2.75, 3.05) is 0 Å². The molecule has 14 heavy (non-hydrogen) atoms. The second-order valence-corrected chi connectivity index (χ2v) is 2.52. The highest BCUT2D eigenvalue weighted by Crippen LogP contribution is 2.26. The van der Waals surface area contributed by atoms with Crippen LogP contribution < -0.4 is 0 Å². The van der Waals surface area contributed by atoms with Crippen LogP contribution in [0.2, 0.25) is 0 Å². The predicted octanol–water partition coefficient (Wildman–Crippen LogP) is -0.996.